The molecule has 94 heavy (non-hydrogen) atoms. The van der Waals surface area contributed by atoms with Gasteiger partial charge < -0.3 is 68.4 Å². The van der Waals surface area contributed by atoms with Gasteiger partial charge in [0.15, 0.2) is 0 Å². The van der Waals surface area contributed by atoms with E-state index in [4.69, 9.17) is 66.0 Å². The Bertz CT molecular complexity index is 3810. The quantitative estimate of drug-likeness (QED) is 0.0506. The van der Waals surface area contributed by atoms with Crippen molar-refractivity contribution in [3.8, 4) is 33.9 Å². The summed E-state index contributed by atoms with van der Waals surface area (Å²) in [6, 6.07) is 38.0. The van der Waals surface area contributed by atoms with E-state index in [1.54, 1.807) is 53.9 Å². The van der Waals surface area contributed by atoms with Crippen molar-refractivity contribution in [2.24, 2.45) is 0 Å². The Morgan fingerprint density at radius 3 is 1.43 bits per heavy atom. The molecule has 9 N–H and O–H groups in total. The lowest BCUT2D eigenvalue weighted by Crippen LogP contribution is -3.00. The number of alkyl carbamates (subject to hydrolysis) is 2. The van der Waals surface area contributed by atoms with Crippen LogP contribution >= 0.6 is 23.2 Å². The molecule has 4 aromatic carbocycles. The Balaban J connectivity index is 0.000000314. The van der Waals surface area contributed by atoms with Crippen molar-refractivity contribution in [2.45, 2.75) is 141 Å². The first kappa shape index (κ1) is 76.3. The predicted molar refractivity (Wildman–Crippen MR) is 359 cm³/mol. The summed E-state index contributed by atoms with van der Waals surface area (Å²) in [6.45, 7) is 10.9. The van der Waals surface area contributed by atoms with Crippen molar-refractivity contribution in [2.75, 3.05) is 30.9 Å². The number of carbonyl (C=O) groups excluding carboxylic acids is 3. The fourth-order valence-electron chi connectivity index (χ4n) is 10.3. The Morgan fingerprint density at radius 1 is 0.628 bits per heavy atom. The number of halogens is 4. The van der Waals surface area contributed by atoms with Crippen LogP contribution in [0.5, 0.6) is 0 Å². The summed E-state index contributed by atoms with van der Waals surface area (Å²) in [5.74, 6) is 0.0853. The number of nitrogens with one attached hydrogen (secondary N) is 5. The van der Waals surface area contributed by atoms with Gasteiger partial charge >= 0.3 is 41.3 Å². The molecule has 4 atom stereocenters. The maximum atomic E-state index is 12.5. The second kappa shape index (κ2) is 39.3. The molecule has 0 spiro atoms. The number of quaternary nitrogens is 1. The molecular formula is C65H80Cl3FN12O11S2. The van der Waals surface area contributed by atoms with Gasteiger partial charge in [0.1, 0.15) is 11.2 Å². The van der Waals surface area contributed by atoms with Crippen molar-refractivity contribution in [3.63, 3.8) is 0 Å². The zero-order valence-electron chi connectivity index (χ0n) is 54.0. The van der Waals surface area contributed by atoms with Crippen molar-refractivity contribution >= 4 is 104 Å². The van der Waals surface area contributed by atoms with Crippen LogP contribution in [0, 0.1) is 0 Å². The molecule has 10 rings (SSSR count). The average Bonchev–Trinajstić information content (AvgIpc) is 1.63. The monoisotopic (exact) mass is 1390 g/mol. The Labute approximate surface area is 570 Å². The van der Waals surface area contributed by atoms with E-state index < -0.39 is 59.7 Å². The highest BCUT2D eigenvalue weighted by molar-refractivity contribution is 7.52. The van der Waals surface area contributed by atoms with Crippen molar-refractivity contribution in [3.05, 3.63) is 144 Å². The molecule has 23 nitrogen and oxygen atoms in total. The molecule has 0 aliphatic heterocycles. The van der Waals surface area contributed by atoms with Crippen LogP contribution in [0.15, 0.2) is 134 Å². The molecular weight excluding hydrogens is 1310 g/mol. The molecule has 2 saturated carbocycles. The minimum Gasteiger partial charge on any atom is -1.00 e. The minimum atomic E-state index is -1.00. The number of hydrogen-bond acceptors (Lipinski definition) is 16. The normalized spacial score (nSPS) is 15.7. The number of fused-ring (bicyclic) bond motifs is 2. The molecule has 0 saturated heterocycles. The molecule has 506 valence electrons. The summed E-state index contributed by atoms with van der Waals surface area (Å²) >= 11 is 11.7. The fraction of sp³-hybridized carbons (Fsp3) is 0.385. The molecule has 8 aromatic rings. The Hall–Kier alpha value is -8.40. The Morgan fingerprint density at radius 2 is 1.01 bits per heavy atom. The van der Waals surface area contributed by atoms with Crippen LogP contribution in [-0.2, 0) is 42.2 Å². The first-order valence-electron chi connectivity index (χ1n) is 30.5. The van der Waals surface area contributed by atoms with E-state index in [1.807, 2.05) is 54.6 Å². The highest BCUT2D eigenvalue weighted by atomic mass is 35.5. The summed E-state index contributed by atoms with van der Waals surface area (Å²) in [6.07, 6.45) is 14.6. The summed E-state index contributed by atoms with van der Waals surface area (Å²) in [4.78, 5) is 63.9. The molecule has 2 aliphatic carbocycles. The third kappa shape index (κ3) is 25.5. The van der Waals surface area contributed by atoms with Gasteiger partial charge in [0.05, 0.1) is 65.8 Å². The van der Waals surface area contributed by atoms with E-state index in [2.05, 4.69) is 118 Å². The molecule has 29 heteroatoms. The summed E-state index contributed by atoms with van der Waals surface area (Å²) in [5, 5.41) is 26.5. The van der Waals surface area contributed by atoms with Crippen LogP contribution in [-0.4, -0.2) is 131 Å². The van der Waals surface area contributed by atoms with Crippen LogP contribution < -0.4 is 44.7 Å². The number of aliphatic carboxylic acids is 1. The van der Waals surface area contributed by atoms with Gasteiger partial charge in [0.2, 0.25) is 17.8 Å². The molecule has 0 radical (unpaired) electrons. The number of nitrogens with zero attached hydrogens (tertiary/aromatic N) is 6. The summed E-state index contributed by atoms with van der Waals surface area (Å²) in [5.41, 5.74) is 10.8. The van der Waals surface area contributed by atoms with Gasteiger partial charge in [-0.25, -0.2) is 29.5 Å². The topological polar surface area (TPSA) is 324 Å². The average molecular weight is 1400 g/mol. The predicted octanol–water partition coefficient (Wildman–Crippen LogP) is 8.44. The number of anilines is 2. The number of carboxylic acid groups (broad SMARTS) is 1. The van der Waals surface area contributed by atoms with Gasteiger partial charge in [0.25, 0.3) is 0 Å². The number of rotatable bonds is 15. The second-order valence-electron chi connectivity index (χ2n) is 23.3. The lowest BCUT2D eigenvalue weighted by molar-refractivity contribution is -0.425. The minimum absolute atomic E-state index is 0. The molecule has 2 fully saturated rings. The van der Waals surface area contributed by atoms with Gasteiger partial charge in [0, 0.05) is 89.7 Å². The highest BCUT2D eigenvalue weighted by Crippen LogP contribution is 2.38. The summed E-state index contributed by atoms with van der Waals surface area (Å²) < 4.78 is 63.1. The first-order chi connectivity index (χ1) is 44.9. The van der Waals surface area contributed by atoms with E-state index in [9.17, 15) is 23.6 Å². The molecule has 0 unspecified atom stereocenters. The van der Waals surface area contributed by atoms with E-state index in [1.165, 1.54) is 12.8 Å². The molecule has 4 heterocycles. The highest BCUT2D eigenvalue weighted by Gasteiger charge is 2.27. The third-order valence-corrected chi connectivity index (χ3v) is 14.6. The lowest BCUT2D eigenvalue weighted by atomic mass is 9.91. The van der Waals surface area contributed by atoms with Crippen LogP contribution in [0.3, 0.4) is 0 Å². The maximum Gasteiger partial charge on any atom is 0.407 e. The van der Waals surface area contributed by atoms with Gasteiger partial charge in [-0.1, -0.05) is 96.0 Å². The van der Waals surface area contributed by atoms with E-state index in [0.29, 0.717) is 39.7 Å². The fourth-order valence-corrected chi connectivity index (χ4v) is 10.7. The van der Waals surface area contributed by atoms with Crippen molar-refractivity contribution < 1.29 is 74.5 Å². The number of ether oxygens (including phenoxy) is 2. The second-order valence-corrected chi connectivity index (χ2v) is 24.4. The number of carboxylic acids is 1. The Kier molecular flexibility index (Phi) is 31.9. The van der Waals surface area contributed by atoms with Crippen LogP contribution in [0.4, 0.5) is 25.9 Å². The van der Waals surface area contributed by atoms with Gasteiger partial charge in [-0.05, 0) is 123 Å². The third-order valence-electron chi connectivity index (χ3n) is 14.0. The number of alkyl halides is 1. The lowest BCUT2D eigenvalue weighted by Gasteiger charge is -2.30. The molecule has 4 aromatic heterocycles. The standard InChI is InChI=1S/C32H37ClN6O3.C24H24ClN5.C8H15NO4.CH3F.ClH.2O2S/c1-32(2,3)42-31(41)34-17-16-28(40)36-21-10-9-11-22(18-21)37-30-35-19-26(33)29(38-30)25-20-39(23-12-5-4-6-13-23)27-15-8-7-14-24(25)27;25-21-14-27-24(28-17-8-6-7-16(26)13-17)29-23(21)20-15-30(18-9-2-1-3-10-18)22-12-5-4-11-19(20)22;1-8(2,3)13-7(12)9-5-4-6(10)11;1-2;;2*1-3-2/h4-8,12-15,19-22H,9-11,16-18H2,1-3H3,(H,34,41)(H,36,40)(H,35,37,38);1-5,9-12,14-17H,6-8,13,26H2,(H,27,28,29);4-5H2,1-3H3,(H,9,12)(H,10,11);1H3;1H;;/t21-,22+;16-,17+;;;;;/m00...../s1/i;;;1D;;;. The number of carbonyl (C=O) groups is 4. The van der Waals surface area contributed by atoms with Crippen LogP contribution in [0.25, 0.3) is 55.7 Å². The molecule has 0 bridgehead atoms. The molecule has 2 aliphatic rings. The van der Waals surface area contributed by atoms with Crippen LogP contribution in [0.2, 0.25) is 10.0 Å². The number of para-hydroxylation sites is 4. The largest absolute Gasteiger partial charge is 1.00 e. The number of hydrogen-bond donors (Lipinski definition) is 7. The van der Waals surface area contributed by atoms with Crippen molar-refractivity contribution in [1.82, 2.24) is 45.0 Å². The molecule has 3 amide bonds. The zero-order chi connectivity index (χ0) is 68.8. The van der Waals surface area contributed by atoms with Gasteiger partial charge in [-0.3, -0.25) is 14.0 Å². The SMILES string of the molecule is CC(C)(C)OC(=O)NCCC(=O)N[C@H]1CCC[C@@H](Nc2ncc(Cl)c(-c3cn(-c4ccccc4)c4ccccc34)n2)C1.CC(C)(C)OC(=O)NCCC(=O)O.O=S=O.O=S=O.[2H]CF.[Cl-].[NH3+][C@H]1CCC[C@@H](Nc2ncc(Cl)c(-c3cn(-c4ccccc4)c4ccccc34)n2)C1. The zero-order valence-corrected chi connectivity index (χ0v) is 56.9. The number of amides is 3. The smallest absolute Gasteiger partial charge is 0.407 e. The van der Waals surface area contributed by atoms with E-state index >= 15 is 0 Å². The maximum absolute atomic E-state index is 12.5. The van der Waals surface area contributed by atoms with Crippen molar-refractivity contribution in [1.29, 1.82) is 0 Å². The summed E-state index contributed by atoms with van der Waals surface area (Å²) in [7, 11) is -1.00. The van der Waals surface area contributed by atoms with Crippen LogP contribution in [0.1, 0.15) is 107 Å². The number of aromatic nitrogens is 6. The van der Waals surface area contributed by atoms with E-state index in [0.717, 1.165) is 88.5 Å². The van der Waals surface area contributed by atoms with Gasteiger partial charge in [-0.2, -0.15) is 16.8 Å². The first-order valence-corrected chi connectivity index (χ1v) is 31.9. The van der Waals surface area contributed by atoms with Gasteiger partial charge in [-0.15, -0.1) is 0 Å². The van der Waals surface area contributed by atoms with E-state index in [-0.39, 0.29) is 56.3 Å². The number of benzene rings is 4.